The van der Waals surface area contributed by atoms with Crippen molar-refractivity contribution < 1.29 is 5.11 Å². The van der Waals surface area contributed by atoms with Gasteiger partial charge in [0.05, 0.1) is 0 Å². The Hall–Kier alpha value is -1.70. The Labute approximate surface area is 96.1 Å². The van der Waals surface area contributed by atoms with Gasteiger partial charge in [-0.3, -0.25) is 0 Å². The molecule has 2 aromatic carbocycles. The van der Waals surface area contributed by atoms with Crippen LogP contribution >= 0.6 is 0 Å². The number of phenolic OH excluding ortho intramolecular Hbond substituents is 1. The number of rotatable bonds is 3. The van der Waals surface area contributed by atoms with Crippen LogP contribution in [-0.4, -0.2) is 18.2 Å². The van der Waals surface area contributed by atoms with E-state index in [1.54, 1.807) is 6.07 Å². The first-order valence-corrected chi connectivity index (χ1v) is 5.73. The normalized spacial score (nSPS) is 10.6. The summed E-state index contributed by atoms with van der Waals surface area (Å²) in [4.78, 5) is 2.27. The van der Waals surface area contributed by atoms with Crippen molar-refractivity contribution in [1.29, 1.82) is 0 Å². The van der Waals surface area contributed by atoms with Gasteiger partial charge in [-0.15, -0.1) is 0 Å². The fourth-order valence-corrected chi connectivity index (χ4v) is 2.03. The highest BCUT2D eigenvalue weighted by Crippen LogP contribution is 2.28. The second kappa shape index (κ2) is 4.44. The smallest absolute Gasteiger partial charge is 0.123 e. The van der Waals surface area contributed by atoms with Crippen LogP contribution in [0.25, 0.3) is 10.8 Å². The van der Waals surface area contributed by atoms with Gasteiger partial charge in [-0.2, -0.15) is 0 Å². The third kappa shape index (κ3) is 1.83. The Morgan fingerprint density at radius 2 is 1.81 bits per heavy atom. The largest absolute Gasteiger partial charge is 0.507 e. The van der Waals surface area contributed by atoms with E-state index in [1.807, 2.05) is 12.1 Å². The molecule has 0 saturated heterocycles. The van der Waals surface area contributed by atoms with Crippen LogP contribution in [0.5, 0.6) is 5.75 Å². The Morgan fingerprint density at radius 1 is 1.06 bits per heavy atom. The first-order chi connectivity index (χ1) is 7.76. The second-order valence-electron chi connectivity index (χ2n) is 3.85. The molecule has 2 rings (SSSR count). The van der Waals surface area contributed by atoms with Crippen LogP contribution in [0.1, 0.15) is 13.8 Å². The van der Waals surface area contributed by atoms with Gasteiger partial charge < -0.3 is 10.0 Å². The number of nitrogens with zero attached hydrogens (tertiary/aromatic N) is 1. The SMILES string of the molecule is CCN(CC)c1ccc2cccc(O)c2c1. The summed E-state index contributed by atoms with van der Waals surface area (Å²) in [5.41, 5.74) is 1.17. The monoisotopic (exact) mass is 215 g/mol. The number of aromatic hydroxyl groups is 1. The molecule has 2 heteroatoms. The molecule has 0 aromatic heterocycles. The quantitative estimate of drug-likeness (QED) is 0.848. The fourth-order valence-electron chi connectivity index (χ4n) is 2.03. The van der Waals surface area contributed by atoms with Crippen molar-refractivity contribution in [2.75, 3.05) is 18.0 Å². The summed E-state index contributed by atoms with van der Waals surface area (Å²) in [6.07, 6.45) is 0. The fraction of sp³-hybridized carbons (Fsp3) is 0.286. The summed E-state index contributed by atoms with van der Waals surface area (Å²) < 4.78 is 0. The predicted octanol–water partition coefficient (Wildman–Crippen LogP) is 3.39. The summed E-state index contributed by atoms with van der Waals surface area (Å²) in [5, 5.41) is 11.8. The molecule has 0 fully saturated rings. The Bertz CT molecular complexity index is 489. The molecule has 0 atom stereocenters. The molecule has 84 valence electrons. The minimum absolute atomic E-state index is 0.353. The number of hydrogen-bond donors (Lipinski definition) is 1. The molecule has 0 saturated carbocycles. The van der Waals surface area contributed by atoms with Gasteiger partial charge in [-0.1, -0.05) is 18.2 Å². The van der Waals surface area contributed by atoms with Gasteiger partial charge in [0.1, 0.15) is 5.75 Å². The number of benzene rings is 2. The van der Waals surface area contributed by atoms with E-state index in [-0.39, 0.29) is 0 Å². The van der Waals surface area contributed by atoms with E-state index in [4.69, 9.17) is 0 Å². The predicted molar refractivity (Wildman–Crippen MR) is 69.2 cm³/mol. The molecule has 2 nitrogen and oxygen atoms in total. The molecule has 1 N–H and O–H groups in total. The van der Waals surface area contributed by atoms with Crippen molar-refractivity contribution in [2.45, 2.75) is 13.8 Å². The van der Waals surface area contributed by atoms with Gasteiger partial charge in [0, 0.05) is 24.2 Å². The van der Waals surface area contributed by atoms with Crippen LogP contribution in [0.4, 0.5) is 5.69 Å². The first kappa shape index (κ1) is 10.8. The molecule has 2 aromatic rings. The van der Waals surface area contributed by atoms with Crippen molar-refractivity contribution in [2.24, 2.45) is 0 Å². The standard InChI is InChI=1S/C14H17NO/c1-3-15(4-2)12-9-8-11-6-5-7-14(16)13(11)10-12/h5-10,16H,3-4H2,1-2H3. The Balaban J connectivity index is 2.54. The minimum atomic E-state index is 0.353. The molecule has 0 unspecified atom stereocenters. The average molecular weight is 215 g/mol. The Kier molecular flexibility index (Phi) is 3.00. The van der Waals surface area contributed by atoms with E-state index < -0.39 is 0 Å². The molecule has 0 radical (unpaired) electrons. The molecular formula is C14H17NO. The van der Waals surface area contributed by atoms with Crippen molar-refractivity contribution in [1.82, 2.24) is 0 Å². The molecule has 0 aliphatic heterocycles. The van der Waals surface area contributed by atoms with Crippen LogP contribution < -0.4 is 4.90 Å². The average Bonchev–Trinajstić information content (AvgIpc) is 2.32. The summed E-state index contributed by atoms with van der Waals surface area (Å²) in [6, 6.07) is 11.8. The lowest BCUT2D eigenvalue weighted by Crippen LogP contribution is -2.21. The second-order valence-corrected chi connectivity index (χ2v) is 3.85. The van der Waals surface area contributed by atoms with E-state index in [1.165, 1.54) is 5.69 Å². The van der Waals surface area contributed by atoms with Crippen LogP contribution in [0.2, 0.25) is 0 Å². The van der Waals surface area contributed by atoms with Crippen molar-refractivity contribution >= 4 is 16.5 Å². The van der Waals surface area contributed by atoms with Gasteiger partial charge >= 0.3 is 0 Å². The van der Waals surface area contributed by atoms with Gasteiger partial charge in [-0.05, 0) is 37.4 Å². The Morgan fingerprint density at radius 3 is 2.50 bits per heavy atom. The highest BCUT2D eigenvalue weighted by Gasteiger charge is 2.04. The van der Waals surface area contributed by atoms with E-state index in [9.17, 15) is 5.11 Å². The molecule has 0 spiro atoms. The zero-order valence-corrected chi connectivity index (χ0v) is 9.77. The lowest BCUT2D eigenvalue weighted by Gasteiger charge is -2.21. The lowest BCUT2D eigenvalue weighted by molar-refractivity contribution is 0.481. The molecule has 0 aliphatic carbocycles. The molecule has 16 heavy (non-hydrogen) atoms. The summed E-state index contributed by atoms with van der Waals surface area (Å²) in [5.74, 6) is 0.353. The first-order valence-electron chi connectivity index (χ1n) is 5.73. The maximum atomic E-state index is 9.80. The molecule has 0 amide bonds. The van der Waals surface area contributed by atoms with Crippen molar-refractivity contribution in [3.05, 3.63) is 36.4 Å². The summed E-state index contributed by atoms with van der Waals surface area (Å²) in [6.45, 7) is 6.24. The van der Waals surface area contributed by atoms with E-state index in [2.05, 4.69) is 36.9 Å². The number of anilines is 1. The molecule has 0 aliphatic rings. The zero-order valence-electron chi connectivity index (χ0n) is 9.77. The van der Waals surface area contributed by atoms with E-state index in [0.29, 0.717) is 5.75 Å². The number of phenols is 1. The van der Waals surface area contributed by atoms with Crippen molar-refractivity contribution in [3.63, 3.8) is 0 Å². The number of hydrogen-bond acceptors (Lipinski definition) is 2. The zero-order chi connectivity index (χ0) is 11.5. The van der Waals surface area contributed by atoms with E-state index in [0.717, 1.165) is 23.9 Å². The maximum Gasteiger partial charge on any atom is 0.123 e. The summed E-state index contributed by atoms with van der Waals surface area (Å²) >= 11 is 0. The lowest BCUT2D eigenvalue weighted by atomic mass is 10.1. The third-order valence-corrected chi connectivity index (χ3v) is 2.97. The van der Waals surface area contributed by atoms with Gasteiger partial charge in [0.15, 0.2) is 0 Å². The minimum Gasteiger partial charge on any atom is -0.507 e. The molecular weight excluding hydrogens is 198 g/mol. The molecule has 0 bridgehead atoms. The maximum absolute atomic E-state index is 9.80. The van der Waals surface area contributed by atoms with Gasteiger partial charge in [0.25, 0.3) is 0 Å². The highest BCUT2D eigenvalue weighted by molar-refractivity contribution is 5.90. The van der Waals surface area contributed by atoms with Gasteiger partial charge in [0.2, 0.25) is 0 Å². The van der Waals surface area contributed by atoms with Crippen LogP contribution in [0.15, 0.2) is 36.4 Å². The van der Waals surface area contributed by atoms with Gasteiger partial charge in [-0.25, -0.2) is 0 Å². The van der Waals surface area contributed by atoms with Crippen molar-refractivity contribution in [3.8, 4) is 5.75 Å². The van der Waals surface area contributed by atoms with E-state index >= 15 is 0 Å². The van der Waals surface area contributed by atoms with Crippen LogP contribution in [0, 0.1) is 0 Å². The van der Waals surface area contributed by atoms with Crippen LogP contribution in [0.3, 0.4) is 0 Å². The number of fused-ring (bicyclic) bond motifs is 1. The molecule has 0 heterocycles. The topological polar surface area (TPSA) is 23.5 Å². The highest BCUT2D eigenvalue weighted by atomic mass is 16.3. The summed E-state index contributed by atoms with van der Waals surface area (Å²) in [7, 11) is 0. The van der Waals surface area contributed by atoms with Crippen LogP contribution in [-0.2, 0) is 0 Å². The third-order valence-electron chi connectivity index (χ3n) is 2.97.